The predicted octanol–water partition coefficient (Wildman–Crippen LogP) is 3.09. The van der Waals surface area contributed by atoms with Crippen LogP contribution in [0.1, 0.15) is 38.0 Å². The van der Waals surface area contributed by atoms with Crippen molar-refractivity contribution in [3.63, 3.8) is 0 Å². The molecule has 19 heavy (non-hydrogen) atoms. The number of rotatable bonds is 3. The average molecular weight is 256 g/mol. The van der Waals surface area contributed by atoms with E-state index in [0.29, 0.717) is 12.5 Å². The van der Waals surface area contributed by atoms with Crippen LogP contribution in [-0.4, -0.2) is 15.0 Å². The lowest BCUT2D eigenvalue weighted by Gasteiger charge is -2.17. The van der Waals surface area contributed by atoms with Crippen molar-refractivity contribution >= 4 is 5.95 Å². The second-order valence-corrected chi connectivity index (χ2v) is 5.62. The molecule has 2 aromatic rings. The summed E-state index contributed by atoms with van der Waals surface area (Å²) in [6.07, 6.45) is 0. The highest BCUT2D eigenvalue weighted by Crippen LogP contribution is 2.19. The summed E-state index contributed by atoms with van der Waals surface area (Å²) < 4.78 is 0. The van der Waals surface area contributed by atoms with E-state index in [2.05, 4.69) is 53.2 Å². The van der Waals surface area contributed by atoms with Crippen molar-refractivity contribution in [1.29, 1.82) is 0 Å². The summed E-state index contributed by atoms with van der Waals surface area (Å²) in [6, 6.07) is 10.2. The highest BCUT2D eigenvalue weighted by Gasteiger charge is 2.18. The van der Waals surface area contributed by atoms with Gasteiger partial charge in [-0.05, 0) is 12.5 Å². The van der Waals surface area contributed by atoms with Crippen LogP contribution in [0.2, 0.25) is 0 Å². The molecule has 0 saturated heterocycles. The SMILES string of the molecule is Cc1nc(NCc2ccccc2)nc(C(C)(C)C)n1. The van der Waals surface area contributed by atoms with Crippen LogP contribution >= 0.6 is 0 Å². The fraction of sp³-hybridized carbons (Fsp3) is 0.400. The van der Waals surface area contributed by atoms with Crippen LogP contribution in [0, 0.1) is 6.92 Å². The van der Waals surface area contributed by atoms with E-state index in [-0.39, 0.29) is 5.41 Å². The molecule has 4 nitrogen and oxygen atoms in total. The molecule has 1 aromatic heterocycles. The highest BCUT2D eigenvalue weighted by atomic mass is 15.2. The van der Waals surface area contributed by atoms with Crippen molar-refractivity contribution in [2.45, 2.75) is 39.7 Å². The summed E-state index contributed by atoms with van der Waals surface area (Å²) in [6.45, 7) is 8.91. The van der Waals surface area contributed by atoms with Gasteiger partial charge in [-0.15, -0.1) is 0 Å². The zero-order valence-electron chi connectivity index (χ0n) is 11.9. The minimum Gasteiger partial charge on any atom is -0.350 e. The smallest absolute Gasteiger partial charge is 0.226 e. The van der Waals surface area contributed by atoms with E-state index in [4.69, 9.17) is 0 Å². The third-order valence-electron chi connectivity index (χ3n) is 2.71. The summed E-state index contributed by atoms with van der Waals surface area (Å²) >= 11 is 0. The van der Waals surface area contributed by atoms with Gasteiger partial charge in [0.05, 0.1) is 0 Å². The molecule has 4 heteroatoms. The summed E-state index contributed by atoms with van der Waals surface area (Å²) in [4.78, 5) is 13.2. The lowest BCUT2D eigenvalue weighted by atomic mass is 9.96. The number of hydrogen-bond acceptors (Lipinski definition) is 4. The number of benzene rings is 1. The molecule has 1 heterocycles. The molecule has 0 radical (unpaired) electrons. The first kappa shape index (κ1) is 13.5. The van der Waals surface area contributed by atoms with Crippen molar-refractivity contribution in [3.8, 4) is 0 Å². The quantitative estimate of drug-likeness (QED) is 0.916. The first-order valence-electron chi connectivity index (χ1n) is 6.46. The minimum atomic E-state index is -0.0725. The third kappa shape index (κ3) is 3.74. The maximum atomic E-state index is 4.49. The normalized spacial score (nSPS) is 11.4. The molecule has 0 unspecified atom stereocenters. The van der Waals surface area contributed by atoms with Gasteiger partial charge in [-0.3, -0.25) is 0 Å². The Morgan fingerprint density at radius 2 is 1.68 bits per heavy atom. The number of aryl methyl sites for hydroxylation is 1. The second-order valence-electron chi connectivity index (χ2n) is 5.62. The monoisotopic (exact) mass is 256 g/mol. The molecule has 0 atom stereocenters. The first-order valence-corrected chi connectivity index (χ1v) is 6.46. The number of nitrogens with one attached hydrogen (secondary N) is 1. The van der Waals surface area contributed by atoms with Crippen LogP contribution in [0.5, 0.6) is 0 Å². The standard InChI is InChI=1S/C15H20N4/c1-11-17-13(15(2,3)4)19-14(18-11)16-10-12-8-6-5-7-9-12/h5-9H,10H2,1-4H3,(H,16,17,18,19). The van der Waals surface area contributed by atoms with Gasteiger partial charge in [0.15, 0.2) is 0 Å². The van der Waals surface area contributed by atoms with Crippen LogP contribution < -0.4 is 5.32 Å². The summed E-state index contributed by atoms with van der Waals surface area (Å²) in [5.41, 5.74) is 1.13. The van der Waals surface area contributed by atoms with Crippen LogP contribution in [0.15, 0.2) is 30.3 Å². The van der Waals surface area contributed by atoms with Gasteiger partial charge in [0.1, 0.15) is 11.6 Å². The fourth-order valence-corrected chi connectivity index (χ4v) is 1.67. The van der Waals surface area contributed by atoms with Gasteiger partial charge in [-0.1, -0.05) is 51.1 Å². The summed E-state index contributed by atoms with van der Waals surface area (Å²) in [5, 5.41) is 3.25. The van der Waals surface area contributed by atoms with Gasteiger partial charge in [-0.25, -0.2) is 4.98 Å². The van der Waals surface area contributed by atoms with Gasteiger partial charge < -0.3 is 5.32 Å². The second kappa shape index (κ2) is 5.34. The van der Waals surface area contributed by atoms with E-state index in [1.165, 1.54) is 5.56 Å². The van der Waals surface area contributed by atoms with Crippen molar-refractivity contribution in [1.82, 2.24) is 15.0 Å². The Morgan fingerprint density at radius 1 is 1.00 bits per heavy atom. The van der Waals surface area contributed by atoms with E-state index in [1.807, 2.05) is 25.1 Å². The lowest BCUT2D eigenvalue weighted by Crippen LogP contribution is -2.19. The topological polar surface area (TPSA) is 50.7 Å². The Hall–Kier alpha value is -1.97. The molecule has 2 rings (SSSR count). The fourth-order valence-electron chi connectivity index (χ4n) is 1.67. The third-order valence-corrected chi connectivity index (χ3v) is 2.71. The molecular formula is C15H20N4. The van der Waals surface area contributed by atoms with Crippen molar-refractivity contribution in [3.05, 3.63) is 47.5 Å². The van der Waals surface area contributed by atoms with Crippen LogP contribution in [0.4, 0.5) is 5.95 Å². The van der Waals surface area contributed by atoms with Crippen molar-refractivity contribution < 1.29 is 0 Å². The molecule has 0 saturated carbocycles. The van der Waals surface area contributed by atoms with Gasteiger partial charge in [0, 0.05) is 12.0 Å². The first-order chi connectivity index (χ1) is 8.95. The van der Waals surface area contributed by atoms with Crippen molar-refractivity contribution in [2.24, 2.45) is 0 Å². The van der Waals surface area contributed by atoms with Crippen LogP contribution in [-0.2, 0) is 12.0 Å². The molecule has 0 fully saturated rings. The molecule has 1 N–H and O–H groups in total. The largest absolute Gasteiger partial charge is 0.350 e. The van der Waals surface area contributed by atoms with E-state index in [0.717, 1.165) is 11.6 Å². The summed E-state index contributed by atoms with van der Waals surface area (Å²) in [5.74, 6) is 2.20. The Balaban J connectivity index is 2.15. The number of aromatic nitrogens is 3. The number of anilines is 1. The minimum absolute atomic E-state index is 0.0725. The molecule has 0 aliphatic carbocycles. The maximum Gasteiger partial charge on any atom is 0.226 e. The maximum absolute atomic E-state index is 4.49. The molecule has 0 amide bonds. The van der Waals surface area contributed by atoms with Crippen LogP contribution in [0.3, 0.4) is 0 Å². The molecule has 100 valence electrons. The molecule has 0 aliphatic heterocycles. The molecule has 1 aromatic carbocycles. The van der Waals surface area contributed by atoms with Crippen LogP contribution in [0.25, 0.3) is 0 Å². The Labute approximate surface area is 114 Å². The Morgan fingerprint density at radius 3 is 2.32 bits per heavy atom. The van der Waals surface area contributed by atoms with E-state index >= 15 is 0 Å². The zero-order chi connectivity index (χ0) is 13.9. The number of hydrogen-bond donors (Lipinski definition) is 1. The highest BCUT2D eigenvalue weighted by molar-refractivity contribution is 5.28. The zero-order valence-corrected chi connectivity index (χ0v) is 11.9. The number of nitrogens with zero attached hydrogens (tertiary/aromatic N) is 3. The van der Waals surface area contributed by atoms with E-state index in [9.17, 15) is 0 Å². The lowest BCUT2D eigenvalue weighted by molar-refractivity contribution is 0.539. The molecule has 0 spiro atoms. The van der Waals surface area contributed by atoms with Crippen molar-refractivity contribution in [2.75, 3.05) is 5.32 Å². The van der Waals surface area contributed by atoms with E-state index in [1.54, 1.807) is 0 Å². The molecule has 0 bridgehead atoms. The van der Waals surface area contributed by atoms with Gasteiger partial charge >= 0.3 is 0 Å². The Kier molecular flexibility index (Phi) is 3.79. The Bertz CT molecular complexity index is 544. The molecule has 0 aliphatic rings. The molecular weight excluding hydrogens is 236 g/mol. The van der Waals surface area contributed by atoms with Gasteiger partial charge in [0.25, 0.3) is 0 Å². The predicted molar refractivity (Wildman–Crippen MR) is 77.0 cm³/mol. The summed E-state index contributed by atoms with van der Waals surface area (Å²) in [7, 11) is 0. The average Bonchev–Trinajstić information content (AvgIpc) is 2.36. The van der Waals surface area contributed by atoms with Gasteiger partial charge in [-0.2, -0.15) is 9.97 Å². The van der Waals surface area contributed by atoms with Gasteiger partial charge in [0.2, 0.25) is 5.95 Å². The van der Waals surface area contributed by atoms with E-state index < -0.39 is 0 Å².